The first-order valence-corrected chi connectivity index (χ1v) is 7.34. The fraction of sp³-hybridized carbons (Fsp3) is 0.529. The van der Waals surface area contributed by atoms with E-state index in [1.807, 2.05) is 12.1 Å². The Balaban J connectivity index is 2.29. The monoisotopic (exact) mass is 276 g/mol. The van der Waals surface area contributed by atoms with E-state index >= 15 is 0 Å². The Bertz CT molecular complexity index is 420. The molecule has 0 heterocycles. The summed E-state index contributed by atoms with van der Waals surface area (Å²) in [4.78, 5) is 22.4. The van der Waals surface area contributed by atoms with Gasteiger partial charge in [0.2, 0.25) is 0 Å². The van der Waals surface area contributed by atoms with E-state index in [9.17, 15) is 9.59 Å². The average molecular weight is 276 g/mol. The molecule has 0 radical (unpaired) electrons. The number of aryl methyl sites for hydroxylation is 1. The van der Waals surface area contributed by atoms with Crippen molar-refractivity contribution in [3.05, 3.63) is 35.4 Å². The maximum absolute atomic E-state index is 11.6. The van der Waals surface area contributed by atoms with Gasteiger partial charge in [-0.3, -0.25) is 4.79 Å². The maximum atomic E-state index is 11.6. The van der Waals surface area contributed by atoms with Crippen LogP contribution in [0.25, 0.3) is 0 Å². The summed E-state index contributed by atoms with van der Waals surface area (Å²) >= 11 is 0. The van der Waals surface area contributed by atoms with Crippen molar-refractivity contribution >= 4 is 11.8 Å². The van der Waals surface area contributed by atoms with Gasteiger partial charge in [0.05, 0.1) is 13.0 Å². The molecule has 1 rings (SSSR count). The quantitative estimate of drug-likeness (QED) is 0.512. The summed E-state index contributed by atoms with van der Waals surface area (Å²) in [5.74, 6) is -0.0985. The summed E-state index contributed by atoms with van der Waals surface area (Å²) < 4.78 is 5.10. The Labute approximate surface area is 121 Å². The minimum absolute atomic E-state index is 0.128. The molecule has 110 valence electrons. The number of benzene rings is 1. The van der Waals surface area contributed by atoms with Crippen molar-refractivity contribution in [3.63, 3.8) is 0 Å². The molecular formula is C17H24O3. The van der Waals surface area contributed by atoms with Gasteiger partial charge in [-0.25, -0.2) is 0 Å². The van der Waals surface area contributed by atoms with E-state index in [2.05, 4.69) is 19.1 Å². The van der Waals surface area contributed by atoms with Gasteiger partial charge in [-0.05, 0) is 37.3 Å². The van der Waals surface area contributed by atoms with Crippen molar-refractivity contribution < 1.29 is 14.3 Å². The van der Waals surface area contributed by atoms with Crippen LogP contribution in [0.4, 0.5) is 0 Å². The standard InChI is InChI=1S/C17H24O3/c1-3-4-7-15-8-10-16(11-9-15)13-17(19)20-12-5-6-14(2)18/h8-11H,3-7,12-13H2,1-2H3. The van der Waals surface area contributed by atoms with Crippen LogP contribution in [0.15, 0.2) is 24.3 Å². The number of carbonyl (C=O) groups is 2. The van der Waals surface area contributed by atoms with Crippen molar-refractivity contribution in [3.8, 4) is 0 Å². The Morgan fingerprint density at radius 1 is 1.05 bits per heavy atom. The van der Waals surface area contributed by atoms with Crippen LogP contribution in [0.1, 0.15) is 50.7 Å². The molecule has 20 heavy (non-hydrogen) atoms. The van der Waals surface area contributed by atoms with E-state index in [-0.39, 0.29) is 11.8 Å². The van der Waals surface area contributed by atoms with E-state index < -0.39 is 0 Å². The zero-order chi connectivity index (χ0) is 14.8. The van der Waals surface area contributed by atoms with Gasteiger partial charge >= 0.3 is 5.97 Å². The number of esters is 1. The zero-order valence-corrected chi connectivity index (χ0v) is 12.5. The largest absolute Gasteiger partial charge is 0.465 e. The third kappa shape index (κ3) is 7.07. The normalized spacial score (nSPS) is 10.3. The molecule has 0 aliphatic rings. The van der Waals surface area contributed by atoms with Crippen molar-refractivity contribution in [2.45, 2.75) is 52.4 Å². The predicted octanol–water partition coefficient (Wildman–Crippen LogP) is 3.48. The topological polar surface area (TPSA) is 43.4 Å². The number of Topliss-reactive ketones (excluding diaryl/α,β-unsaturated/α-hetero) is 1. The van der Waals surface area contributed by atoms with Crippen LogP contribution in [0.3, 0.4) is 0 Å². The second kappa shape index (κ2) is 9.29. The molecule has 0 N–H and O–H groups in total. The molecule has 0 amide bonds. The summed E-state index contributed by atoms with van der Waals surface area (Å²) in [5.41, 5.74) is 2.28. The van der Waals surface area contributed by atoms with Crippen LogP contribution >= 0.6 is 0 Å². The van der Waals surface area contributed by atoms with Gasteiger partial charge in [0, 0.05) is 6.42 Å². The summed E-state index contributed by atoms with van der Waals surface area (Å²) in [5, 5.41) is 0. The second-order valence-electron chi connectivity index (χ2n) is 5.12. The molecule has 0 bridgehead atoms. The van der Waals surface area contributed by atoms with Crippen molar-refractivity contribution in [1.82, 2.24) is 0 Å². The zero-order valence-electron chi connectivity index (χ0n) is 12.5. The molecule has 0 spiro atoms. The van der Waals surface area contributed by atoms with E-state index in [0.717, 1.165) is 12.0 Å². The first-order valence-electron chi connectivity index (χ1n) is 7.34. The molecular weight excluding hydrogens is 252 g/mol. The van der Waals surface area contributed by atoms with Gasteiger partial charge in [-0.1, -0.05) is 37.6 Å². The number of hydrogen-bond donors (Lipinski definition) is 0. The summed E-state index contributed by atoms with van der Waals surface area (Å²) in [6, 6.07) is 8.13. The first-order chi connectivity index (χ1) is 9.61. The van der Waals surface area contributed by atoms with Gasteiger partial charge in [0.1, 0.15) is 5.78 Å². The molecule has 3 heteroatoms. The van der Waals surface area contributed by atoms with Crippen molar-refractivity contribution in [1.29, 1.82) is 0 Å². The Morgan fingerprint density at radius 3 is 2.30 bits per heavy atom. The van der Waals surface area contributed by atoms with E-state index in [4.69, 9.17) is 4.74 Å². The fourth-order valence-electron chi connectivity index (χ4n) is 1.93. The number of unbranched alkanes of at least 4 members (excludes halogenated alkanes) is 1. The fourth-order valence-corrected chi connectivity index (χ4v) is 1.93. The number of hydrogen-bond acceptors (Lipinski definition) is 3. The lowest BCUT2D eigenvalue weighted by Gasteiger charge is -2.05. The molecule has 0 fully saturated rings. The van der Waals surface area contributed by atoms with Gasteiger partial charge in [-0.15, -0.1) is 0 Å². The van der Waals surface area contributed by atoms with Gasteiger partial charge in [0.15, 0.2) is 0 Å². The van der Waals surface area contributed by atoms with Crippen LogP contribution in [-0.2, 0) is 27.2 Å². The highest BCUT2D eigenvalue weighted by Gasteiger charge is 2.05. The maximum Gasteiger partial charge on any atom is 0.310 e. The molecule has 1 aromatic carbocycles. The summed E-state index contributed by atoms with van der Waals surface area (Å²) in [6.07, 6.45) is 4.85. The van der Waals surface area contributed by atoms with Gasteiger partial charge in [0.25, 0.3) is 0 Å². The Morgan fingerprint density at radius 2 is 1.70 bits per heavy atom. The molecule has 0 atom stereocenters. The number of rotatable bonds is 9. The molecule has 1 aromatic rings. The van der Waals surface area contributed by atoms with Crippen molar-refractivity contribution in [2.24, 2.45) is 0 Å². The molecule has 0 aliphatic carbocycles. The van der Waals surface area contributed by atoms with Crippen LogP contribution in [-0.4, -0.2) is 18.4 Å². The van der Waals surface area contributed by atoms with Gasteiger partial charge < -0.3 is 9.53 Å². The lowest BCUT2D eigenvalue weighted by molar-refractivity contribution is -0.143. The van der Waals surface area contributed by atoms with E-state index in [1.165, 1.54) is 18.4 Å². The average Bonchev–Trinajstić information content (AvgIpc) is 2.43. The lowest BCUT2D eigenvalue weighted by Crippen LogP contribution is -2.09. The highest BCUT2D eigenvalue weighted by molar-refractivity contribution is 5.75. The predicted molar refractivity (Wildman–Crippen MR) is 79.6 cm³/mol. The van der Waals surface area contributed by atoms with E-state index in [0.29, 0.717) is 25.9 Å². The Hall–Kier alpha value is -1.64. The molecule has 0 saturated carbocycles. The van der Waals surface area contributed by atoms with Crippen LogP contribution in [0.5, 0.6) is 0 Å². The Kier molecular flexibility index (Phi) is 7.63. The summed E-state index contributed by atoms with van der Waals surface area (Å²) in [6.45, 7) is 4.05. The highest BCUT2D eigenvalue weighted by atomic mass is 16.5. The number of ether oxygens (including phenoxy) is 1. The second-order valence-corrected chi connectivity index (χ2v) is 5.12. The molecule has 0 aliphatic heterocycles. The molecule has 3 nitrogen and oxygen atoms in total. The highest BCUT2D eigenvalue weighted by Crippen LogP contribution is 2.09. The minimum Gasteiger partial charge on any atom is -0.465 e. The minimum atomic E-state index is -0.227. The van der Waals surface area contributed by atoms with Crippen molar-refractivity contribution in [2.75, 3.05) is 6.61 Å². The van der Waals surface area contributed by atoms with Gasteiger partial charge in [-0.2, -0.15) is 0 Å². The van der Waals surface area contributed by atoms with Crippen LogP contribution in [0, 0.1) is 0 Å². The lowest BCUT2D eigenvalue weighted by atomic mass is 10.1. The number of carbonyl (C=O) groups excluding carboxylic acids is 2. The molecule has 0 aromatic heterocycles. The van der Waals surface area contributed by atoms with Crippen LogP contribution in [0.2, 0.25) is 0 Å². The first kappa shape index (κ1) is 16.4. The number of ketones is 1. The SMILES string of the molecule is CCCCc1ccc(CC(=O)OCCCC(C)=O)cc1. The van der Waals surface area contributed by atoms with Crippen LogP contribution < -0.4 is 0 Å². The third-order valence-electron chi connectivity index (χ3n) is 3.13. The smallest absolute Gasteiger partial charge is 0.310 e. The molecule has 0 unspecified atom stereocenters. The van der Waals surface area contributed by atoms with E-state index in [1.54, 1.807) is 6.92 Å². The molecule has 0 saturated heterocycles. The third-order valence-corrected chi connectivity index (χ3v) is 3.13. The summed E-state index contributed by atoms with van der Waals surface area (Å²) in [7, 11) is 0.